The maximum atomic E-state index is 13.1. The van der Waals surface area contributed by atoms with Gasteiger partial charge in [0.15, 0.2) is 24.6 Å². The van der Waals surface area contributed by atoms with Crippen molar-refractivity contribution in [2.75, 3.05) is 13.2 Å². The third-order valence-electron chi connectivity index (χ3n) is 13.0. The summed E-state index contributed by atoms with van der Waals surface area (Å²) in [6.45, 7) is 5.95. The number of hydrogen-bond acceptors (Lipinski definition) is 11. The van der Waals surface area contributed by atoms with E-state index in [1.54, 1.807) is 0 Å². The third kappa shape index (κ3) is 36.7. The first-order valence-electron chi connectivity index (χ1n) is 28.3. The number of carbonyl (C=O) groups is 4. The minimum atomic E-state index is -1.90. The summed E-state index contributed by atoms with van der Waals surface area (Å²) in [5, 5.41) is 31.4. The van der Waals surface area contributed by atoms with Gasteiger partial charge in [0.2, 0.25) is 0 Å². The van der Waals surface area contributed by atoms with Crippen molar-refractivity contribution in [3.8, 4) is 0 Å². The van der Waals surface area contributed by atoms with Gasteiger partial charge in [0, 0.05) is 19.3 Å². The van der Waals surface area contributed by atoms with Gasteiger partial charge >= 0.3 is 23.9 Å². The van der Waals surface area contributed by atoms with E-state index < -0.39 is 67.3 Å². The molecular formula is C57H102O12. The van der Waals surface area contributed by atoms with Crippen LogP contribution < -0.4 is 0 Å². The van der Waals surface area contributed by atoms with Crippen LogP contribution in [-0.4, -0.2) is 89.2 Å². The summed E-state index contributed by atoms with van der Waals surface area (Å²) in [6.07, 6.45) is 38.7. The van der Waals surface area contributed by atoms with Crippen molar-refractivity contribution in [2.45, 2.75) is 302 Å². The molecule has 1 saturated heterocycles. The van der Waals surface area contributed by atoms with E-state index in [0.717, 1.165) is 96.3 Å². The Labute approximate surface area is 419 Å². The van der Waals surface area contributed by atoms with Gasteiger partial charge in [0.25, 0.3) is 0 Å². The molecule has 0 aromatic heterocycles. The molecule has 6 unspecified atom stereocenters. The van der Waals surface area contributed by atoms with Gasteiger partial charge in [-0.3, -0.25) is 14.4 Å². The number of carboxylic acids is 1. The van der Waals surface area contributed by atoms with Gasteiger partial charge in [0.05, 0.1) is 6.61 Å². The van der Waals surface area contributed by atoms with Gasteiger partial charge in [-0.2, -0.15) is 0 Å². The zero-order chi connectivity index (χ0) is 50.4. The molecule has 1 rings (SSSR count). The Kier molecular flexibility index (Phi) is 43.1. The smallest absolute Gasteiger partial charge is 0.335 e. The highest BCUT2D eigenvalue weighted by atomic mass is 16.7. The average Bonchev–Trinajstić information content (AvgIpc) is 3.33. The predicted molar refractivity (Wildman–Crippen MR) is 276 cm³/mol. The zero-order valence-corrected chi connectivity index (χ0v) is 44.1. The Morgan fingerprint density at radius 2 is 0.826 bits per heavy atom. The van der Waals surface area contributed by atoms with E-state index in [4.69, 9.17) is 23.7 Å². The number of aliphatic hydroxyl groups is 2. The van der Waals surface area contributed by atoms with Crippen LogP contribution in [0.1, 0.15) is 265 Å². The van der Waals surface area contributed by atoms with Crippen molar-refractivity contribution >= 4 is 23.9 Å². The third-order valence-corrected chi connectivity index (χ3v) is 13.0. The van der Waals surface area contributed by atoms with Crippen molar-refractivity contribution in [1.82, 2.24) is 0 Å². The molecule has 0 aliphatic carbocycles. The van der Waals surface area contributed by atoms with Crippen molar-refractivity contribution in [3.05, 3.63) is 24.3 Å². The second-order valence-corrected chi connectivity index (χ2v) is 19.6. The van der Waals surface area contributed by atoms with Crippen LogP contribution in [-0.2, 0) is 42.9 Å². The maximum absolute atomic E-state index is 13.1. The Bertz CT molecular complexity index is 1300. The molecule has 1 fully saturated rings. The molecular weight excluding hydrogens is 877 g/mol. The zero-order valence-electron chi connectivity index (χ0n) is 44.1. The number of ether oxygens (including phenoxy) is 5. The van der Waals surface area contributed by atoms with E-state index in [1.807, 2.05) is 0 Å². The lowest BCUT2D eigenvalue weighted by atomic mass is 9.98. The minimum Gasteiger partial charge on any atom is -0.479 e. The molecule has 12 heteroatoms. The second-order valence-electron chi connectivity index (χ2n) is 19.6. The van der Waals surface area contributed by atoms with Crippen LogP contribution in [0.2, 0.25) is 0 Å². The Morgan fingerprint density at radius 3 is 1.25 bits per heavy atom. The lowest BCUT2D eigenvalue weighted by Crippen LogP contribution is -2.61. The highest BCUT2D eigenvalue weighted by Gasteiger charge is 2.50. The summed E-state index contributed by atoms with van der Waals surface area (Å²) in [5.41, 5.74) is 0. The molecule has 0 radical (unpaired) electrons. The summed E-state index contributed by atoms with van der Waals surface area (Å²) in [4.78, 5) is 50.9. The van der Waals surface area contributed by atoms with E-state index in [-0.39, 0.29) is 25.9 Å². The largest absolute Gasteiger partial charge is 0.479 e. The lowest BCUT2D eigenvalue weighted by molar-refractivity contribution is -0.301. The first-order chi connectivity index (χ1) is 33.6. The molecule has 0 spiro atoms. The molecule has 0 saturated carbocycles. The molecule has 1 heterocycles. The van der Waals surface area contributed by atoms with Crippen LogP contribution in [0.25, 0.3) is 0 Å². The van der Waals surface area contributed by atoms with Crippen molar-refractivity contribution in [2.24, 2.45) is 0 Å². The number of aliphatic hydroxyl groups excluding tert-OH is 2. The van der Waals surface area contributed by atoms with Crippen LogP contribution in [0.15, 0.2) is 24.3 Å². The Balaban J connectivity index is 2.70. The molecule has 1 aliphatic heterocycles. The van der Waals surface area contributed by atoms with Crippen LogP contribution in [0, 0.1) is 0 Å². The van der Waals surface area contributed by atoms with Gasteiger partial charge in [-0.15, -0.1) is 0 Å². The van der Waals surface area contributed by atoms with Crippen LogP contribution in [0.3, 0.4) is 0 Å². The van der Waals surface area contributed by atoms with Crippen molar-refractivity contribution in [1.29, 1.82) is 0 Å². The number of unbranched alkanes of at least 4 members (excludes halogenated alkanes) is 30. The molecule has 402 valence electrons. The van der Waals surface area contributed by atoms with Gasteiger partial charge in [-0.1, -0.05) is 199 Å². The van der Waals surface area contributed by atoms with Gasteiger partial charge < -0.3 is 39.0 Å². The average molecular weight is 979 g/mol. The number of rotatable bonds is 48. The molecule has 0 amide bonds. The van der Waals surface area contributed by atoms with E-state index >= 15 is 0 Å². The van der Waals surface area contributed by atoms with E-state index in [9.17, 15) is 34.5 Å². The van der Waals surface area contributed by atoms with Crippen LogP contribution >= 0.6 is 0 Å². The quantitative estimate of drug-likeness (QED) is 0.0228. The molecule has 6 atom stereocenters. The fourth-order valence-corrected chi connectivity index (χ4v) is 8.59. The predicted octanol–water partition coefficient (Wildman–Crippen LogP) is 13.9. The first-order valence-corrected chi connectivity index (χ1v) is 28.3. The molecule has 12 nitrogen and oxygen atoms in total. The standard InChI is InChI=1S/C57H102O12/c1-4-7-10-13-16-19-22-24-25-27-29-31-34-37-40-43-49(58)65-46-48(67-50(59)44-41-38-35-32-28-21-18-15-12-9-6-3)47-66-57-55(53(62)52(61)54(69-57)56(63)64)68-51(60)45-42-39-36-33-30-26-23-20-17-14-11-8-5-2/h20,23-25,48,52-55,57,61-62H,4-19,21-22,26-47H2,1-3H3,(H,63,64)/b23-20-,25-24-. The molecule has 69 heavy (non-hydrogen) atoms. The van der Waals surface area contributed by atoms with Crippen molar-refractivity contribution < 1.29 is 58.2 Å². The minimum absolute atomic E-state index is 0.0536. The van der Waals surface area contributed by atoms with Gasteiger partial charge in [0.1, 0.15) is 18.8 Å². The molecule has 0 bridgehead atoms. The van der Waals surface area contributed by atoms with Gasteiger partial charge in [-0.25, -0.2) is 4.79 Å². The Hall–Kier alpha value is -2.80. The van der Waals surface area contributed by atoms with Crippen LogP contribution in [0.4, 0.5) is 0 Å². The molecule has 0 aromatic carbocycles. The number of carbonyl (C=O) groups excluding carboxylic acids is 3. The SMILES string of the molecule is CCCCCC/C=C\CCCCCCCC(=O)OC1C(OCC(COC(=O)CCCCCCC/C=C\CCCCCCCC)OC(=O)CCCCCCCCCCCCC)OC(C(=O)O)C(O)C1O. The Morgan fingerprint density at radius 1 is 0.464 bits per heavy atom. The highest BCUT2D eigenvalue weighted by Crippen LogP contribution is 2.26. The highest BCUT2D eigenvalue weighted by molar-refractivity contribution is 5.74. The number of esters is 3. The van der Waals surface area contributed by atoms with Crippen molar-refractivity contribution in [3.63, 3.8) is 0 Å². The van der Waals surface area contributed by atoms with E-state index in [1.165, 1.54) is 109 Å². The number of allylic oxidation sites excluding steroid dienone is 4. The lowest BCUT2D eigenvalue weighted by Gasteiger charge is -2.40. The summed E-state index contributed by atoms with van der Waals surface area (Å²) in [7, 11) is 0. The van der Waals surface area contributed by atoms with E-state index in [0.29, 0.717) is 19.3 Å². The van der Waals surface area contributed by atoms with Crippen LogP contribution in [0.5, 0.6) is 0 Å². The molecule has 0 aromatic rings. The number of hydrogen-bond donors (Lipinski definition) is 3. The normalized spacial score (nSPS) is 18.8. The summed E-state index contributed by atoms with van der Waals surface area (Å²) in [6, 6.07) is 0. The summed E-state index contributed by atoms with van der Waals surface area (Å²) in [5.74, 6) is -3.12. The first kappa shape index (κ1) is 64.2. The fourth-order valence-electron chi connectivity index (χ4n) is 8.59. The molecule has 1 aliphatic rings. The van der Waals surface area contributed by atoms with E-state index in [2.05, 4.69) is 45.1 Å². The maximum Gasteiger partial charge on any atom is 0.335 e. The van der Waals surface area contributed by atoms with Gasteiger partial charge in [-0.05, 0) is 70.6 Å². The summed E-state index contributed by atoms with van der Waals surface area (Å²) >= 11 is 0. The second kappa shape index (κ2) is 46.3. The fraction of sp³-hybridized carbons (Fsp3) is 0.860. The topological polar surface area (TPSA) is 175 Å². The number of aliphatic carboxylic acids is 1. The molecule has 3 N–H and O–H groups in total. The number of carboxylic acid groups (broad SMARTS) is 1. The summed E-state index contributed by atoms with van der Waals surface area (Å²) < 4.78 is 28.3. The monoisotopic (exact) mass is 979 g/mol.